The largest absolute Gasteiger partial charge is 0.507 e. The van der Waals surface area contributed by atoms with E-state index >= 15 is 0 Å². The number of thiazole rings is 1. The SMILES string of the molecule is COC(=O)C1=C(CN2CCOC[C@H]2C(=O)OC(=O)c2ccccc2O)NC(c2nccs2)=N[C@H]1c1ccc(F)cc1Cl. The van der Waals surface area contributed by atoms with Crippen LogP contribution < -0.4 is 5.32 Å². The molecule has 3 aromatic rings. The number of phenolic OH excluding ortho intramolecular Hbond substituents is 1. The number of esters is 3. The van der Waals surface area contributed by atoms with Gasteiger partial charge in [0.2, 0.25) is 0 Å². The van der Waals surface area contributed by atoms with Crippen LogP contribution in [0.1, 0.15) is 27.0 Å². The fourth-order valence-corrected chi connectivity index (χ4v) is 5.43. The third kappa shape index (κ3) is 6.19. The van der Waals surface area contributed by atoms with Crippen molar-refractivity contribution < 1.29 is 38.1 Å². The average molecular weight is 615 g/mol. The molecular formula is C28H24ClFN4O7S. The topological polar surface area (TPSA) is 140 Å². The van der Waals surface area contributed by atoms with Crippen molar-refractivity contribution in [2.75, 3.05) is 33.4 Å². The van der Waals surface area contributed by atoms with E-state index in [9.17, 15) is 23.9 Å². The lowest BCUT2D eigenvalue weighted by atomic mass is 9.95. The van der Waals surface area contributed by atoms with Gasteiger partial charge >= 0.3 is 17.9 Å². The first-order valence-electron chi connectivity index (χ1n) is 12.6. The zero-order chi connectivity index (χ0) is 29.8. The van der Waals surface area contributed by atoms with Gasteiger partial charge in [-0.05, 0) is 24.3 Å². The maximum Gasteiger partial charge on any atom is 0.349 e. The molecule has 2 aliphatic rings. The van der Waals surface area contributed by atoms with E-state index in [-0.39, 0.29) is 48.2 Å². The van der Waals surface area contributed by atoms with Gasteiger partial charge in [-0.15, -0.1) is 11.3 Å². The lowest BCUT2D eigenvalue weighted by Crippen LogP contribution is -2.53. The number of morpholine rings is 1. The molecule has 0 aliphatic carbocycles. The van der Waals surface area contributed by atoms with E-state index in [2.05, 4.69) is 10.3 Å². The highest BCUT2D eigenvalue weighted by atomic mass is 35.5. The minimum Gasteiger partial charge on any atom is -0.507 e. The summed E-state index contributed by atoms with van der Waals surface area (Å²) in [6.07, 6.45) is 1.60. The molecule has 0 bridgehead atoms. The predicted molar refractivity (Wildman–Crippen MR) is 150 cm³/mol. The Kier molecular flexibility index (Phi) is 8.92. The Balaban J connectivity index is 1.50. The quantitative estimate of drug-likeness (QED) is 0.301. The number of para-hydroxylation sites is 1. The number of carbonyl (C=O) groups is 3. The molecule has 42 heavy (non-hydrogen) atoms. The second-order valence-electron chi connectivity index (χ2n) is 9.18. The van der Waals surface area contributed by atoms with E-state index in [4.69, 9.17) is 30.8 Å². The predicted octanol–water partition coefficient (Wildman–Crippen LogP) is 3.24. The molecular weight excluding hydrogens is 591 g/mol. The fourth-order valence-electron chi connectivity index (χ4n) is 4.58. The van der Waals surface area contributed by atoms with Gasteiger partial charge in [0, 0.05) is 40.9 Å². The molecule has 0 amide bonds. The Morgan fingerprint density at radius 1 is 1.24 bits per heavy atom. The Labute approximate surface area is 248 Å². The number of nitrogens with zero attached hydrogens (tertiary/aromatic N) is 3. The number of amidine groups is 1. The van der Waals surface area contributed by atoms with Crippen LogP contribution in [0, 0.1) is 5.82 Å². The summed E-state index contributed by atoms with van der Waals surface area (Å²) in [7, 11) is 1.22. The lowest BCUT2D eigenvalue weighted by Gasteiger charge is -2.36. The normalized spacial score (nSPS) is 19.1. The third-order valence-electron chi connectivity index (χ3n) is 6.61. The molecule has 2 aromatic carbocycles. The van der Waals surface area contributed by atoms with Crippen molar-refractivity contribution >= 4 is 46.7 Å². The number of ether oxygens (including phenoxy) is 3. The van der Waals surface area contributed by atoms with Gasteiger partial charge in [0.15, 0.2) is 10.8 Å². The van der Waals surface area contributed by atoms with Crippen LogP contribution in [0.25, 0.3) is 0 Å². The number of phenols is 1. The van der Waals surface area contributed by atoms with Gasteiger partial charge in [0.1, 0.15) is 29.2 Å². The van der Waals surface area contributed by atoms with E-state index in [1.807, 2.05) is 0 Å². The van der Waals surface area contributed by atoms with E-state index in [1.165, 1.54) is 54.8 Å². The minimum atomic E-state index is -1.03. The molecule has 2 atom stereocenters. The van der Waals surface area contributed by atoms with Crippen molar-refractivity contribution in [3.63, 3.8) is 0 Å². The number of nitrogens with one attached hydrogen (secondary N) is 1. The van der Waals surface area contributed by atoms with Crippen molar-refractivity contribution in [2.24, 2.45) is 4.99 Å². The zero-order valence-electron chi connectivity index (χ0n) is 22.1. The molecule has 14 heteroatoms. The summed E-state index contributed by atoms with van der Waals surface area (Å²) in [6, 6.07) is 7.45. The van der Waals surface area contributed by atoms with Gasteiger partial charge < -0.3 is 24.6 Å². The summed E-state index contributed by atoms with van der Waals surface area (Å²) in [6.45, 7) is 0.404. The number of methoxy groups -OCH3 is 1. The van der Waals surface area contributed by atoms with Crippen LogP contribution in [0.5, 0.6) is 5.75 Å². The van der Waals surface area contributed by atoms with E-state index in [1.54, 1.807) is 16.5 Å². The second-order valence-corrected chi connectivity index (χ2v) is 10.5. The van der Waals surface area contributed by atoms with Crippen LogP contribution in [-0.2, 0) is 23.8 Å². The summed E-state index contributed by atoms with van der Waals surface area (Å²) in [5.74, 6) is -3.18. The monoisotopic (exact) mass is 614 g/mol. The van der Waals surface area contributed by atoms with Crippen molar-refractivity contribution in [3.8, 4) is 5.75 Å². The van der Waals surface area contributed by atoms with Crippen molar-refractivity contribution in [2.45, 2.75) is 12.1 Å². The number of halogens is 2. The van der Waals surface area contributed by atoms with Crippen LogP contribution in [0.4, 0.5) is 4.39 Å². The molecule has 218 valence electrons. The van der Waals surface area contributed by atoms with Crippen LogP contribution >= 0.6 is 22.9 Å². The third-order valence-corrected chi connectivity index (χ3v) is 7.72. The molecule has 3 heterocycles. The minimum absolute atomic E-state index is 0.0158. The molecule has 1 fully saturated rings. The first-order chi connectivity index (χ1) is 20.3. The Hall–Kier alpha value is -4.17. The van der Waals surface area contributed by atoms with Gasteiger partial charge in [0.25, 0.3) is 0 Å². The molecule has 0 saturated carbocycles. The van der Waals surface area contributed by atoms with Crippen molar-refractivity contribution in [1.29, 1.82) is 0 Å². The molecule has 0 spiro atoms. The Morgan fingerprint density at radius 3 is 2.76 bits per heavy atom. The summed E-state index contributed by atoms with van der Waals surface area (Å²) in [4.78, 5) is 49.7. The molecule has 1 aromatic heterocycles. The molecule has 2 aliphatic heterocycles. The van der Waals surface area contributed by atoms with Gasteiger partial charge in [-0.1, -0.05) is 29.8 Å². The van der Waals surface area contributed by atoms with Gasteiger partial charge in [-0.2, -0.15) is 0 Å². The Morgan fingerprint density at radius 2 is 2.05 bits per heavy atom. The van der Waals surface area contributed by atoms with Crippen LogP contribution in [0.15, 0.2) is 70.3 Å². The Bertz CT molecular complexity index is 1580. The van der Waals surface area contributed by atoms with Crippen molar-refractivity contribution in [1.82, 2.24) is 15.2 Å². The highest BCUT2D eigenvalue weighted by molar-refractivity contribution is 7.11. The highest BCUT2D eigenvalue weighted by Crippen LogP contribution is 2.37. The molecule has 0 radical (unpaired) electrons. The molecule has 1 saturated heterocycles. The standard InChI is InChI=1S/C28H24ClFN4O7S/c1-39-28(38)22-19(32-24(25-31-8-11-42-25)33-23(22)16-7-6-15(30)12-18(16)29)13-34-9-10-40-14-20(34)27(37)41-26(36)17-4-2-3-5-21(17)35/h2-8,11-12,20,23,35H,9-10,13-14H2,1H3,(H,32,33)/t20-,23-/m0/s1. The van der Waals surface area contributed by atoms with Crippen LogP contribution in [0.2, 0.25) is 5.02 Å². The van der Waals surface area contributed by atoms with Gasteiger partial charge in [-0.25, -0.2) is 23.8 Å². The number of aromatic hydroxyl groups is 1. The smallest absolute Gasteiger partial charge is 0.349 e. The molecule has 0 unspecified atom stereocenters. The van der Waals surface area contributed by atoms with Crippen LogP contribution in [-0.4, -0.2) is 78.2 Å². The van der Waals surface area contributed by atoms with E-state index < -0.39 is 35.8 Å². The number of carbonyl (C=O) groups excluding carboxylic acids is 3. The van der Waals surface area contributed by atoms with Crippen LogP contribution in [0.3, 0.4) is 0 Å². The number of aliphatic imine (C=N–C) groups is 1. The number of benzene rings is 2. The van der Waals surface area contributed by atoms with E-state index in [0.29, 0.717) is 22.1 Å². The maximum atomic E-state index is 13.9. The second kappa shape index (κ2) is 12.8. The van der Waals surface area contributed by atoms with Crippen molar-refractivity contribution in [3.05, 3.63) is 92.3 Å². The lowest BCUT2D eigenvalue weighted by molar-refractivity contribution is -0.150. The summed E-state index contributed by atoms with van der Waals surface area (Å²) >= 11 is 7.71. The summed E-state index contributed by atoms with van der Waals surface area (Å²) < 4.78 is 29.6. The maximum absolute atomic E-state index is 13.9. The number of hydrogen-bond donors (Lipinski definition) is 2. The summed E-state index contributed by atoms with van der Waals surface area (Å²) in [5.41, 5.74) is 0.620. The molecule has 5 rings (SSSR count). The highest BCUT2D eigenvalue weighted by Gasteiger charge is 2.38. The fraction of sp³-hybridized carbons (Fsp3) is 0.250. The van der Waals surface area contributed by atoms with Gasteiger partial charge in [-0.3, -0.25) is 9.89 Å². The number of aromatic nitrogens is 1. The first kappa shape index (κ1) is 29.3. The first-order valence-corrected chi connectivity index (χ1v) is 13.9. The molecule has 11 nitrogen and oxygen atoms in total. The van der Waals surface area contributed by atoms with Gasteiger partial charge in [0.05, 0.1) is 25.9 Å². The number of rotatable bonds is 7. The number of hydrogen-bond acceptors (Lipinski definition) is 12. The average Bonchev–Trinajstić information content (AvgIpc) is 3.52. The zero-order valence-corrected chi connectivity index (χ0v) is 23.7. The summed E-state index contributed by atoms with van der Waals surface area (Å²) in [5, 5.41) is 15.5. The molecule has 2 N–H and O–H groups in total. The van der Waals surface area contributed by atoms with E-state index in [0.717, 1.165) is 6.07 Å².